The van der Waals surface area contributed by atoms with Gasteiger partial charge in [0, 0.05) is 17.5 Å². The smallest absolute Gasteiger partial charge is 0.139 e. The van der Waals surface area contributed by atoms with Gasteiger partial charge in [0.2, 0.25) is 0 Å². The highest BCUT2D eigenvalue weighted by Gasteiger charge is 2.11. The van der Waals surface area contributed by atoms with Crippen LogP contribution >= 0.6 is 0 Å². The fourth-order valence-corrected chi connectivity index (χ4v) is 1.44. The molecule has 66 valence electrons. The van der Waals surface area contributed by atoms with Gasteiger partial charge < -0.3 is 9.69 Å². The molecule has 0 aliphatic carbocycles. The Kier molecular flexibility index (Phi) is 2.08. The van der Waals surface area contributed by atoms with E-state index in [9.17, 15) is 4.79 Å². The molecular weight excluding hydrogens is 164 g/mol. The lowest BCUT2D eigenvalue weighted by atomic mass is 10.1. The van der Waals surface area contributed by atoms with Gasteiger partial charge in [-0.25, -0.2) is 0 Å². The minimum atomic E-state index is 0.411. The lowest BCUT2D eigenvalue weighted by molar-refractivity contribution is -0.106. The van der Waals surface area contributed by atoms with E-state index < -0.39 is 0 Å². The standard InChI is InChI=1S/C10H10N2O/c13-6-5-12-8-11-7-9-3-1-2-4-10(9)12/h1-4,6-7H,5,8H2. The summed E-state index contributed by atoms with van der Waals surface area (Å²) in [5, 5.41) is 0. The van der Waals surface area contributed by atoms with Gasteiger partial charge in [0.15, 0.2) is 0 Å². The number of aldehydes is 1. The molecule has 0 radical (unpaired) electrons. The fraction of sp³-hybridized carbons (Fsp3) is 0.200. The molecule has 13 heavy (non-hydrogen) atoms. The number of benzene rings is 1. The summed E-state index contributed by atoms with van der Waals surface area (Å²) in [6, 6.07) is 7.94. The highest BCUT2D eigenvalue weighted by atomic mass is 16.1. The minimum Gasteiger partial charge on any atom is -0.345 e. The van der Waals surface area contributed by atoms with E-state index in [0.717, 1.165) is 17.5 Å². The van der Waals surface area contributed by atoms with Crippen molar-refractivity contribution < 1.29 is 4.79 Å². The van der Waals surface area contributed by atoms with Crippen molar-refractivity contribution in [2.45, 2.75) is 0 Å². The molecule has 0 unspecified atom stereocenters. The number of carbonyl (C=O) groups excluding carboxylic acids is 1. The Bertz CT molecular complexity index is 347. The van der Waals surface area contributed by atoms with Crippen LogP contribution in [0.5, 0.6) is 0 Å². The Morgan fingerprint density at radius 2 is 2.31 bits per heavy atom. The molecule has 1 aliphatic rings. The molecule has 3 nitrogen and oxygen atoms in total. The van der Waals surface area contributed by atoms with Crippen LogP contribution in [-0.4, -0.2) is 25.7 Å². The Hall–Kier alpha value is -1.64. The van der Waals surface area contributed by atoms with Crippen LogP contribution in [0, 0.1) is 0 Å². The first-order chi connectivity index (χ1) is 6.42. The van der Waals surface area contributed by atoms with E-state index in [-0.39, 0.29) is 0 Å². The van der Waals surface area contributed by atoms with Gasteiger partial charge in [-0.1, -0.05) is 18.2 Å². The fourth-order valence-electron chi connectivity index (χ4n) is 1.44. The summed E-state index contributed by atoms with van der Waals surface area (Å²) in [7, 11) is 0. The lowest BCUT2D eigenvalue weighted by Gasteiger charge is -2.24. The Balaban J connectivity index is 2.37. The number of para-hydroxylation sites is 1. The molecule has 3 heteroatoms. The monoisotopic (exact) mass is 174 g/mol. The summed E-state index contributed by atoms with van der Waals surface area (Å²) in [4.78, 5) is 16.5. The van der Waals surface area contributed by atoms with Crippen molar-refractivity contribution in [3.05, 3.63) is 29.8 Å². The van der Waals surface area contributed by atoms with E-state index >= 15 is 0 Å². The first kappa shape index (κ1) is 7.98. The summed E-state index contributed by atoms with van der Waals surface area (Å²) in [6.07, 6.45) is 2.74. The molecule has 0 spiro atoms. The zero-order valence-electron chi connectivity index (χ0n) is 7.18. The van der Waals surface area contributed by atoms with Gasteiger partial charge in [-0.05, 0) is 6.07 Å². The number of carbonyl (C=O) groups is 1. The molecule has 0 fully saturated rings. The maximum atomic E-state index is 10.4. The molecule has 1 aromatic rings. The molecular formula is C10H10N2O. The number of aliphatic imine (C=N–C) groups is 1. The van der Waals surface area contributed by atoms with E-state index in [1.165, 1.54) is 0 Å². The number of rotatable bonds is 2. The van der Waals surface area contributed by atoms with E-state index in [1.807, 2.05) is 35.4 Å². The summed E-state index contributed by atoms with van der Waals surface area (Å²) in [5.74, 6) is 0. The molecule has 0 amide bonds. The Morgan fingerprint density at radius 1 is 1.46 bits per heavy atom. The van der Waals surface area contributed by atoms with Gasteiger partial charge in [-0.2, -0.15) is 0 Å². The van der Waals surface area contributed by atoms with Crippen molar-refractivity contribution in [1.29, 1.82) is 0 Å². The van der Waals surface area contributed by atoms with Gasteiger partial charge >= 0.3 is 0 Å². The SMILES string of the molecule is O=CCN1CN=Cc2ccccc21. The van der Waals surface area contributed by atoms with Crippen molar-refractivity contribution in [3.8, 4) is 0 Å². The van der Waals surface area contributed by atoms with Crippen LogP contribution < -0.4 is 4.90 Å². The lowest BCUT2D eigenvalue weighted by Crippen LogP contribution is -2.28. The van der Waals surface area contributed by atoms with E-state index in [1.54, 1.807) is 0 Å². The molecule has 0 atom stereocenters. The molecule has 0 aromatic heterocycles. The number of anilines is 1. The van der Waals surface area contributed by atoms with E-state index in [4.69, 9.17) is 0 Å². The highest BCUT2D eigenvalue weighted by Crippen LogP contribution is 2.20. The Labute approximate surface area is 76.7 Å². The average Bonchev–Trinajstić information content (AvgIpc) is 2.19. The third-order valence-corrected chi connectivity index (χ3v) is 2.06. The van der Waals surface area contributed by atoms with Gasteiger partial charge in [0.1, 0.15) is 13.0 Å². The third-order valence-electron chi connectivity index (χ3n) is 2.06. The average molecular weight is 174 g/mol. The highest BCUT2D eigenvalue weighted by molar-refractivity contribution is 5.90. The first-order valence-electron chi connectivity index (χ1n) is 4.19. The second-order valence-electron chi connectivity index (χ2n) is 2.90. The van der Waals surface area contributed by atoms with Gasteiger partial charge in [0.25, 0.3) is 0 Å². The number of hydrogen-bond donors (Lipinski definition) is 0. The number of fused-ring (bicyclic) bond motifs is 1. The summed E-state index contributed by atoms with van der Waals surface area (Å²) >= 11 is 0. The van der Waals surface area contributed by atoms with Gasteiger partial charge in [-0.3, -0.25) is 4.99 Å². The zero-order chi connectivity index (χ0) is 9.10. The van der Waals surface area contributed by atoms with Crippen molar-refractivity contribution in [3.63, 3.8) is 0 Å². The molecule has 0 saturated carbocycles. The van der Waals surface area contributed by atoms with Crippen LogP contribution in [0.25, 0.3) is 0 Å². The van der Waals surface area contributed by atoms with Gasteiger partial charge in [0.05, 0.1) is 6.54 Å². The van der Waals surface area contributed by atoms with Crippen LogP contribution in [0.15, 0.2) is 29.3 Å². The van der Waals surface area contributed by atoms with Crippen LogP contribution in [0.3, 0.4) is 0 Å². The van der Waals surface area contributed by atoms with Gasteiger partial charge in [-0.15, -0.1) is 0 Å². The predicted octanol–water partition coefficient (Wildman–Crippen LogP) is 1.08. The molecule has 1 aliphatic heterocycles. The molecule has 0 N–H and O–H groups in total. The zero-order valence-corrected chi connectivity index (χ0v) is 7.18. The maximum Gasteiger partial charge on any atom is 0.139 e. The minimum absolute atomic E-state index is 0.411. The third kappa shape index (κ3) is 1.45. The van der Waals surface area contributed by atoms with Crippen molar-refractivity contribution in [2.75, 3.05) is 18.1 Å². The van der Waals surface area contributed by atoms with Crippen LogP contribution in [-0.2, 0) is 4.79 Å². The topological polar surface area (TPSA) is 32.7 Å². The molecule has 2 rings (SSSR count). The first-order valence-corrected chi connectivity index (χ1v) is 4.19. The normalized spacial score (nSPS) is 14.0. The van der Waals surface area contributed by atoms with Crippen LogP contribution in [0.2, 0.25) is 0 Å². The molecule has 1 heterocycles. The van der Waals surface area contributed by atoms with Crippen LogP contribution in [0.4, 0.5) is 5.69 Å². The quantitative estimate of drug-likeness (QED) is 0.628. The second-order valence-corrected chi connectivity index (χ2v) is 2.90. The summed E-state index contributed by atoms with van der Waals surface area (Å²) in [6.45, 7) is 0.990. The van der Waals surface area contributed by atoms with Crippen molar-refractivity contribution in [1.82, 2.24) is 0 Å². The van der Waals surface area contributed by atoms with E-state index in [2.05, 4.69) is 4.99 Å². The molecule has 1 aromatic carbocycles. The largest absolute Gasteiger partial charge is 0.345 e. The molecule has 0 saturated heterocycles. The van der Waals surface area contributed by atoms with Crippen molar-refractivity contribution >= 4 is 18.2 Å². The molecule has 0 bridgehead atoms. The van der Waals surface area contributed by atoms with Crippen molar-refractivity contribution in [2.24, 2.45) is 4.99 Å². The van der Waals surface area contributed by atoms with Crippen LogP contribution in [0.1, 0.15) is 5.56 Å². The predicted molar refractivity (Wildman–Crippen MR) is 52.3 cm³/mol. The Morgan fingerprint density at radius 3 is 3.15 bits per heavy atom. The maximum absolute atomic E-state index is 10.4. The number of hydrogen-bond acceptors (Lipinski definition) is 3. The summed E-state index contributed by atoms with van der Waals surface area (Å²) in [5.41, 5.74) is 2.17. The second kappa shape index (κ2) is 3.39. The summed E-state index contributed by atoms with van der Waals surface area (Å²) < 4.78 is 0. The number of nitrogens with zero attached hydrogens (tertiary/aromatic N) is 2. The van der Waals surface area contributed by atoms with E-state index in [0.29, 0.717) is 13.2 Å².